The third-order valence-corrected chi connectivity index (χ3v) is 4.80. The van der Waals surface area contributed by atoms with Crippen molar-refractivity contribution in [3.8, 4) is 5.75 Å². The van der Waals surface area contributed by atoms with E-state index in [4.69, 9.17) is 15.5 Å². The second-order valence-electron chi connectivity index (χ2n) is 7.02. The normalized spacial score (nSPS) is 14.1. The van der Waals surface area contributed by atoms with E-state index >= 15 is 0 Å². The maximum atomic E-state index is 13.2. The van der Waals surface area contributed by atoms with Crippen LogP contribution in [0.4, 0.5) is 10.1 Å². The van der Waals surface area contributed by atoms with Crippen LogP contribution in [0.25, 0.3) is 0 Å². The molecule has 0 spiro atoms. The summed E-state index contributed by atoms with van der Waals surface area (Å²) in [6.45, 7) is 6.50. The van der Waals surface area contributed by atoms with Gasteiger partial charge in [0.25, 0.3) is 5.91 Å². The molecule has 3 N–H and O–H groups in total. The standard InChI is InChI=1S/C22H28FN5O2.HI/c1-2-25-22(26-15-17-4-3-5-20(14-17)30-16-21(24)29)28-12-10-27(11-13-28)19-8-6-18(23)7-9-19;/h3-9,14H,2,10-13,15-16H2,1H3,(H2,24,29)(H,25,26);1H. The number of piperazine rings is 1. The topological polar surface area (TPSA) is 83.2 Å². The fourth-order valence-electron chi connectivity index (χ4n) is 3.31. The molecule has 1 fully saturated rings. The van der Waals surface area contributed by atoms with Crippen LogP contribution in [0.5, 0.6) is 5.75 Å². The van der Waals surface area contributed by atoms with E-state index in [1.807, 2.05) is 37.3 Å². The molecule has 0 saturated carbocycles. The minimum atomic E-state index is -0.507. The first-order chi connectivity index (χ1) is 14.5. The van der Waals surface area contributed by atoms with Crippen LogP contribution in [0.2, 0.25) is 0 Å². The summed E-state index contributed by atoms with van der Waals surface area (Å²) in [5, 5.41) is 3.35. The molecule has 31 heavy (non-hydrogen) atoms. The first-order valence-corrected chi connectivity index (χ1v) is 10.1. The van der Waals surface area contributed by atoms with Crippen molar-refractivity contribution in [1.29, 1.82) is 0 Å². The Morgan fingerprint density at radius 1 is 1.16 bits per heavy atom. The number of carbonyl (C=O) groups excluding carboxylic acids is 1. The number of benzene rings is 2. The van der Waals surface area contributed by atoms with Gasteiger partial charge in [0.1, 0.15) is 11.6 Å². The summed E-state index contributed by atoms with van der Waals surface area (Å²) in [5.41, 5.74) is 7.14. The van der Waals surface area contributed by atoms with Crippen molar-refractivity contribution in [2.75, 3.05) is 44.2 Å². The number of guanidine groups is 1. The van der Waals surface area contributed by atoms with E-state index in [1.54, 1.807) is 6.07 Å². The minimum absolute atomic E-state index is 0. The van der Waals surface area contributed by atoms with Gasteiger partial charge in [-0.25, -0.2) is 9.38 Å². The van der Waals surface area contributed by atoms with Gasteiger partial charge >= 0.3 is 0 Å². The van der Waals surface area contributed by atoms with Crippen molar-refractivity contribution >= 4 is 41.5 Å². The number of aliphatic imine (C=N–C) groups is 1. The number of nitrogens with zero attached hydrogens (tertiary/aromatic N) is 3. The molecule has 0 unspecified atom stereocenters. The quantitative estimate of drug-likeness (QED) is 0.320. The number of rotatable bonds is 7. The fourth-order valence-corrected chi connectivity index (χ4v) is 3.31. The van der Waals surface area contributed by atoms with Crippen LogP contribution in [-0.4, -0.2) is 56.1 Å². The molecular formula is C22H29FIN5O2. The highest BCUT2D eigenvalue weighted by molar-refractivity contribution is 14.0. The predicted molar refractivity (Wildman–Crippen MR) is 132 cm³/mol. The molecular weight excluding hydrogens is 512 g/mol. The number of nitrogens with two attached hydrogens (primary N) is 1. The van der Waals surface area contributed by atoms with Gasteiger partial charge in [-0.3, -0.25) is 4.79 Å². The van der Waals surface area contributed by atoms with Crippen LogP contribution < -0.4 is 20.7 Å². The lowest BCUT2D eigenvalue weighted by Crippen LogP contribution is -2.52. The zero-order valence-corrected chi connectivity index (χ0v) is 19.9. The minimum Gasteiger partial charge on any atom is -0.484 e. The lowest BCUT2D eigenvalue weighted by Gasteiger charge is -2.37. The van der Waals surface area contributed by atoms with Gasteiger partial charge in [0.2, 0.25) is 0 Å². The van der Waals surface area contributed by atoms with E-state index < -0.39 is 5.91 Å². The van der Waals surface area contributed by atoms with Crippen molar-refractivity contribution in [2.24, 2.45) is 10.7 Å². The molecule has 0 atom stereocenters. The fraction of sp³-hybridized carbons (Fsp3) is 0.364. The molecule has 168 valence electrons. The largest absolute Gasteiger partial charge is 0.484 e. The highest BCUT2D eigenvalue weighted by Crippen LogP contribution is 2.18. The van der Waals surface area contributed by atoms with Crippen molar-refractivity contribution in [2.45, 2.75) is 13.5 Å². The maximum absolute atomic E-state index is 13.2. The Morgan fingerprint density at radius 2 is 1.87 bits per heavy atom. The van der Waals surface area contributed by atoms with Crippen molar-refractivity contribution in [3.05, 3.63) is 59.9 Å². The van der Waals surface area contributed by atoms with Crippen LogP contribution in [0.15, 0.2) is 53.5 Å². The number of anilines is 1. The maximum Gasteiger partial charge on any atom is 0.255 e. The van der Waals surface area contributed by atoms with E-state index in [0.717, 1.165) is 49.9 Å². The van der Waals surface area contributed by atoms with Gasteiger partial charge in [0.05, 0.1) is 6.54 Å². The summed E-state index contributed by atoms with van der Waals surface area (Å²) >= 11 is 0. The molecule has 1 aliphatic rings. The van der Waals surface area contributed by atoms with E-state index in [9.17, 15) is 9.18 Å². The average Bonchev–Trinajstić information content (AvgIpc) is 2.76. The first-order valence-electron chi connectivity index (χ1n) is 10.1. The number of carbonyl (C=O) groups is 1. The Balaban J connectivity index is 0.00000341. The summed E-state index contributed by atoms with van der Waals surface area (Å²) in [6.07, 6.45) is 0. The molecule has 2 aromatic carbocycles. The third-order valence-electron chi connectivity index (χ3n) is 4.80. The lowest BCUT2D eigenvalue weighted by atomic mass is 10.2. The third kappa shape index (κ3) is 7.57. The van der Waals surface area contributed by atoms with Gasteiger partial charge < -0.3 is 25.6 Å². The molecule has 0 bridgehead atoms. The van der Waals surface area contributed by atoms with Gasteiger partial charge in [0.15, 0.2) is 12.6 Å². The van der Waals surface area contributed by atoms with Crippen LogP contribution in [-0.2, 0) is 11.3 Å². The predicted octanol–water partition coefficient (Wildman–Crippen LogP) is 2.60. The average molecular weight is 541 g/mol. The summed E-state index contributed by atoms with van der Waals surface area (Å²) in [5.74, 6) is 0.731. The van der Waals surface area contributed by atoms with Crippen LogP contribution >= 0.6 is 24.0 Å². The molecule has 0 radical (unpaired) electrons. The zero-order chi connectivity index (χ0) is 21.3. The second kappa shape index (κ2) is 12.3. The first kappa shape index (κ1) is 24.7. The van der Waals surface area contributed by atoms with Gasteiger partial charge in [-0.1, -0.05) is 12.1 Å². The summed E-state index contributed by atoms with van der Waals surface area (Å²) in [7, 11) is 0. The monoisotopic (exact) mass is 541 g/mol. The molecule has 2 aromatic rings. The number of halogens is 2. The van der Waals surface area contributed by atoms with Crippen molar-refractivity contribution < 1.29 is 13.9 Å². The Kier molecular flexibility index (Phi) is 9.83. The number of primary amides is 1. The Morgan fingerprint density at radius 3 is 2.52 bits per heavy atom. The highest BCUT2D eigenvalue weighted by atomic mass is 127. The van der Waals surface area contributed by atoms with E-state index in [-0.39, 0.29) is 36.4 Å². The Bertz CT molecular complexity index is 870. The lowest BCUT2D eigenvalue weighted by molar-refractivity contribution is -0.119. The number of amides is 1. The van der Waals surface area contributed by atoms with Gasteiger partial charge in [-0.2, -0.15) is 0 Å². The molecule has 0 aliphatic carbocycles. The smallest absolute Gasteiger partial charge is 0.255 e. The summed E-state index contributed by atoms with van der Waals surface area (Å²) in [6, 6.07) is 14.1. The van der Waals surface area contributed by atoms with Crippen molar-refractivity contribution in [1.82, 2.24) is 10.2 Å². The zero-order valence-electron chi connectivity index (χ0n) is 17.6. The summed E-state index contributed by atoms with van der Waals surface area (Å²) in [4.78, 5) is 20.1. The number of hydrogen-bond acceptors (Lipinski definition) is 4. The molecule has 0 aromatic heterocycles. The molecule has 7 nitrogen and oxygen atoms in total. The van der Waals surface area contributed by atoms with Crippen LogP contribution in [0.1, 0.15) is 12.5 Å². The van der Waals surface area contributed by atoms with Crippen LogP contribution in [0, 0.1) is 5.82 Å². The Labute approximate surface area is 199 Å². The highest BCUT2D eigenvalue weighted by Gasteiger charge is 2.19. The molecule has 1 saturated heterocycles. The van der Waals surface area contributed by atoms with E-state index in [0.29, 0.717) is 12.3 Å². The van der Waals surface area contributed by atoms with Crippen molar-refractivity contribution in [3.63, 3.8) is 0 Å². The molecule has 3 rings (SSSR count). The SMILES string of the molecule is CCNC(=NCc1cccc(OCC(N)=O)c1)N1CCN(c2ccc(F)cc2)CC1.I. The van der Waals surface area contributed by atoms with Gasteiger partial charge in [0, 0.05) is 38.4 Å². The molecule has 1 amide bonds. The Hall–Kier alpha value is -2.56. The molecule has 1 aliphatic heterocycles. The summed E-state index contributed by atoms with van der Waals surface area (Å²) < 4.78 is 18.5. The van der Waals surface area contributed by atoms with Crippen LogP contribution in [0.3, 0.4) is 0 Å². The number of nitrogens with one attached hydrogen (secondary N) is 1. The number of hydrogen-bond donors (Lipinski definition) is 2. The molecule has 1 heterocycles. The van der Waals surface area contributed by atoms with E-state index in [2.05, 4.69) is 15.1 Å². The van der Waals surface area contributed by atoms with Gasteiger partial charge in [-0.15, -0.1) is 24.0 Å². The second-order valence-corrected chi connectivity index (χ2v) is 7.02. The number of ether oxygens (including phenoxy) is 1. The van der Waals surface area contributed by atoms with Gasteiger partial charge in [-0.05, 0) is 48.9 Å². The molecule has 9 heteroatoms. The van der Waals surface area contributed by atoms with E-state index in [1.165, 1.54) is 12.1 Å².